The molecule has 0 atom stereocenters. The van der Waals surface area contributed by atoms with Crippen molar-refractivity contribution in [1.82, 2.24) is 29.9 Å². The van der Waals surface area contributed by atoms with Gasteiger partial charge in [-0.25, -0.2) is 9.97 Å². The lowest BCUT2D eigenvalue weighted by atomic mass is 9.96. The Labute approximate surface area is 159 Å². The fourth-order valence-electron chi connectivity index (χ4n) is 4.14. The molecule has 2 aliphatic rings. The Hall–Kier alpha value is -2.51. The number of carbonyl (C=O) groups is 1. The maximum Gasteiger partial charge on any atom is 0.256 e. The second kappa shape index (κ2) is 8.02. The van der Waals surface area contributed by atoms with E-state index in [0.717, 1.165) is 38.2 Å². The number of aromatic nitrogens is 5. The van der Waals surface area contributed by atoms with Crippen LogP contribution in [0, 0.1) is 5.92 Å². The number of hydrogen-bond donors (Lipinski definition) is 1. The Kier molecular flexibility index (Phi) is 5.31. The molecular weight excluding hydrogens is 342 g/mol. The summed E-state index contributed by atoms with van der Waals surface area (Å²) in [6, 6.07) is 0. The predicted molar refractivity (Wildman–Crippen MR) is 101 cm³/mol. The van der Waals surface area contributed by atoms with Gasteiger partial charge in [-0.3, -0.25) is 9.48 Å². The van der Waals surface area contributed by atoms with Gasteiger partial charge in [0.15, 0.2) is 0 Å². The first-order valence-corrected chi connectivity index (χ1v) is 9.92. The molecule has 0 aromatic carbocycles. The molecule has 1 saturated carbocycles. The Balaban J connectivity index is 1.29. The maximum absolute atomic E-state index is 12.6. The summed E-state index contributed by atoms with van der Waals surface area (Å²) in [5, 5.41) is 11.6. The van der Waals surface area contributed by atoms with Crippen LogP contribution in [0.2, 0.25) is 0 Å². The van der Waals surface area contributed by atoms with E-state index < -0.39 is 0 Å². The van der Waals surface area contributed by atoms with E-state index in [1.807, 2.05) is 9.58 Å². The zero-order chi connectivity index (χ0) is 18.6. The van der Waals surface area contributed by atoms with Crippen molar-refractivity contribution in [2.45, 2.75) is 51.0 Å². The van der Waals surface area contributed by atoms with Gasteiger partial charge in [0, 0.05) is 51.2 Å². The van der Waals surface area contributed by atoms with Crippen LogP contribution < -0.4 is 5.32 Å². The molecular formula is C19H27N7O. The van der Waals surface area contributed by atoms with Gasteiger partial charge in [0.1, 0.15) is 0 Å². The van der Waals surface area contributed by atoms with Crippen LogP contribution in [0.5, 0.6) is 0 Å². The van der Waals surface area contributed by atoms with Crippen molar-refractivity contribution in [3.05, 3.63) is 29.8 Å². The van der Waals surface area contributed by atoms with Crippen LogP contribution >= 0.6 is 0 Å². The molecule has 0 radical (unpaired) electrons. The molecule has 1 amide bonds. The number of nitrogens with one attached hydrogen (secondary N) is 1. The molecule has 0 bridgehead atoms. The average molecular weight is 369 g/mol. The third kappa shape index (κ3) is 4.09. The van der Waals surface area contributed by atoms with Crippen molar-refractivity contribution in [3.8, 4) is 0 Å². The molecule has 8 nitrogen and oxygen atoms in total. The summed E-state index contributed by atoms with van der Waals surface area (Å²) in [6.45, 7) is 2.42. The van der Waals surface area contributed by atoms with E-state index in [9.17, 15) is 4.79 Å². The summed E-state index contributed by atoms with van der Waals surface area (Å²) in [5.41, 5.74) is 1.70. The zero-order valence-electron chi connectivity index (χ0n) is 15.8. The van der Waals surface area contributed by atoms with E-state index in [1.165, 1.54) is 25.7 Å². The molecule has 2 aromatic heterocycles. The Morgan fingerprint density at radius 1 is 1.15 bits per heavy atom. The van der Waals surface area contributed by atoms with E-state index in [0.29, 0.717) is 23.3 Å². The highest BCUT2D eigenvalue weighted by atomic mass is 16.2. The van der Waals surface area contributed by atoms with Crippen LogP contribution in [0.4, 0.5) is 5.95 Å². The van der Waals surface area contributed by atoms with Crippen LogP contribution in [-0.4, -0.2) is 55.9 Å². The largest absolute Gasteiger partial charge is 0.357 e. The highest BCUT2D eigenvalue weighted by Crippen LogP contribution is 2.32. The summed E-state index contributed by atoms with van der Waals surface area (Å²) in [6.07, 6.45) is 12.4. The van der Waals surface area contributed by atoms with Crippen molar-refractivity contribution in [1.29, 1.82) is 0 Å². The molecule has 144 valence electrons. The van der Waals surface area contributed by atoms with Crippen molar-refractivity contribution >= 4 is 11.9 Å². The van der Waals surface area contributed by atoms with E-state index in [4.69, 9.17) is 0 Å². The number of amides is 1. The van der Waals surface area contributed by atoms with Crippen LogP contribution in [0.15, 0.2) is 18.6 Å². The average Bonchev–Trinajstić information content (AvgIpc) is 3.40. The van der Waals surface area contributed by atoms with Gasteiger partial charge in [-0.15, -0.1) is 5.10 Å². The summed E-state index contributed by atoms with van der Waals surface area (Å²) in [5.74, 6) is 1.68. The normalized spacial score (nSPS) is 18.8. The minimum absolute atomic E-state index is 0.0142. The zero-order valence-corrected chi connectivity index (χ0v) is 15.8. The molecule has 1 N–H and O–H groups in total. The number of hydrogen-bond acceptors (Lipinski definition) is 6. The predicted octanol–water partition coefficient (Wildman–Crippen LogP) is 2.32. The molecule has 3 heterocycles. The molecule has 1 saturated heterocycles. The van der Waals surface area contributed by atoms with Crippen molar-refractivity contribution in [2.75, 3.05) is 25.5 Å². The molecule has 27 heavy (non-hydrogen) atoms. The van der Waals surface area contributed by atoms with E-state index in [-0.39, 0.29) is 5.91 Å². The van der Waals surface area contributed by atoms with Gasteiger partial charge in [0.25, 0.3) is 5.91 Å². The summed E-state index contributed by atoms with van der Waals surface area (Å²) in [7, 11) is 1.76. The van der Waals surface area contributed by atoms with Crippen molar-refractivity contribution in [3.63, 3.8) is 0 Å². The van der Waals surface area contributed by atoms with Gasteiger partial charge >= 0.3 is 0 Å². The lowest BCUT2D eigenvalue weighted by molar-refractivity contribution is 0.0680. The molecule has 8 heteroatoms. The highest BCUT2D eigenvalue weighted by molar-refractivity contribution is 5.93. The Bertz CT molecular complexity index is 759. The first kappa shape index (κ1) is 17.9. The Morgan fingerprint density at radius 3 is 2.52 bits per heavy atom. The van der Waals surface area contributed by atoms with Gasteiger partial charge in [-0.05, 0) is 31.6 Å². The molecule has 2 aromatic rings. The molecule has 1 aliphatic carbocycles. The monoisotopic (exact) mass is 369 g/mol. The SMILES string of the molecule is CNc1ncc(C(=O)N2CCC(Cn3cc(C4CCCC4)nn3)CC2)cn1. The van der Waals surface area contributed by atoms with Crippen LogP contribution in [0.25, 0.3) is 0 Å². The lowest BCUT2D eigenvalue weighted by Gasteiger charge is -2.31. The number of likely N-dealkylation sites (tertiary alicyclic amines) is 1. The fraction of sp³-hybridized carbons (Fsp3) is 0.632. The van der Waals surface area contributed by atoms with Crippen LogP contribution in [0.1, 0.15) is 60.5 Å². The number of anilines is 1. The third-order valence-corrected chi connectivity index (χ3v) is 5.80. The van der Waals surface area contributed by atoms with Gasteiger partial charge in [0.2, 0.25) is 5.95 Å². The first-order chi connectivity index (χ1) is 13.2. The van der Waals surface area contributed by atoms with E-state index >= 15 is 0 Å². The van der Waals surface area contributed by atoms with Crippen molar-refractivity contribution in [2.24, 2.45) is 5.92 Å². The second-order valence-electron chi connectivity index (χ2n) is 7.63. The van der Waals surface area contributed by atoms with E-state index in [1.54, 1.807) is 19.4 Å². The standard InChI is InChI=1S/C19H27N7O/c1-20-19-21-10-16(11-22-19)18(27)25-8-6-14(7-9-25)12-26-13-17(23-24-26)15-4-2-3-5-15/h10-11,13-15H,2-9,12H2,1H3,(H,20,21,22). The number of carbonyl (C=O) groups excluding carboxylic acids is 1. The molecule has 1 aliphatic heterocycles. The van der Waals surface area contributed by atoms with Crippen LogP contribution in [0.3, 0.4) is 0 Å². The quantitative estimate of drug-likeness (QED) is 0.870. The minimum atomic E-state index is 0.0142. The van der Waals surface area contributed by atoms with Gasteiger partial charge < -0.3 is 10.2 Å². The van der Waals surface area contributed by atoms with Crippen LogP contribution in [-0.2, 0) is 6.54 Å². The highest BCUT2D eigenvalue weighted by Gasteiger charge is 2.25. The maximum atomic E-state index is 12.6. The summed E-state index contributed by atoms with van der Waals surface area (Å²) >= 11 is 0. The molecule has 2 fully saturated rings. The second-order valence-corrected chi connectivity index (χ2v) is 7.63. The smallest absolute Gasteiger partial charge is 0.256 e. The number of rotatable bonds is 5. The Morgan fingerprint density at radius 2 is 1.85 bits per heavy atom. The molecule has 0 unspecified atom stereocenters. The molecule has 4 rings (SSSR count). The molecule has 0 spiro atoms. The number of piperidine rings is 1. The minimum Gasteiger partial charge on any atom is -0.357 e. The van der Waals surface area contributed by atoms with Gasteiger partial charge in [-0.2, -0.15) is 0 Å². The van der Waals surface area contributed by atoms with Gasteiger partial charge in [-0.1, -0.05) is 18.1 Å². The lowest BCUT2D eigenvalue weighted by Crippen LogP contribution is -2.39. The van der Waals surface area contributed by atoms with E-state index in [2.05, 4.69) is 31.8 Å². The van der Waals surface area contributed by atoms with Crippen molar-refractivity contribution < 1.29 is 4.79 Å². The third-order valence-electron chi connectivity index (χ3n) is 5.80. The fourth-order valence-corrected chi connectivity index (χ4v) is 4.14. The first-order valence-electron chi connectivity index (χ1n) is 9.92. The topological polar surface area (TPSA) is 88.8 Å². The summed E-state index contributed by atoms with van der Waals surface area (Å²) < 4.78 is 2.00. The summed E-state index contributed by atoms with van der Waals surface area (Å²) in [4.78, 5) is 22.8. The number of nitrogens with zero attached hydrogens (tertiary/aromatic N) is 6. The van der Waals surface area contributed by atoms with Gasteiger partial charge in [0.05, 0.1) is 11.3 Å².